The molecule has 6 unspecified atom stereocenters. The zero-order valence-corrected chi connectivity index (χ0v) is 54.2. The zero-order valence-electron chi connectivity index (χ0n) is 53.0. The Morgan fingerprint density at radius 2 is 1.66 bits per heavy atom. The average molecular weight is 1190 g/mol. The lowest BCUT2D eigenvalue weighted by molar-refractivity contribution is -0.142. The minimum Gasteiger partial charge on any atom is -0.508 e. The van der Waals surface area contributed by atoms with Gasteiger partial charge >= 0.3 is 12.0 Å². The van der Waals surface area contributed by atoms with Gasteiger partial charge in [-0.3, -0.25) is 24.3 Å². The van der Waals surface area contributed by atoms with E-state index in [2.05, 4.69) is 40.5 Å². The van der Waals surface area contributed by atoms with E-state index in [1.54, 1.807) is 30.2 Å². The Labute approximate surface area is 511 Å². The monoisotopic (exact) mass is 1190 g/mol. The van der Waals surface area contributed by atoms with Gasteiger partial charge in [0.05, 0.1) is 23.6 Å². The summed E-state index contributed by atoms with van der Waals surface area (Å²) >= 11 is 0.214. The smallest absolute Gasteiger partial charge is 0.319 e. The zero-order chi connectivity index (χ0) is 61.8. The van der Waals surface area contributed by atoms with Crippen molar-refractivity contribution in [3.8, 4) is 28.8 Å². The van der Waals surface area contributed by atoms with E-state index in [4.69, 9.17) is 24.3 Å². The number of aryl methyl sites for hydroxylation is 2. The van der Waals surface area contributed by atoms with Crippen LogP contribution >= 0.6 is 0 Å². The first-order chi connectivity index (χ1) is 40.8. The van der Waals surface area contributed by atoms with E-state index in [-0.39, 0.29) is 73.7 Å². The number of carbonyl (C=O) groups is 3. The van der Waals surface area contributed by atoms with E-state index in [1.807, 2.05) is 59.9 Å². The third-order valence-electron chi connectivity index (χ3n) is 17.6. The number of benzene rings is 3. The molecule has 1 amide bonds. The number of halogens is 2. The molecule has 5 aromatic rings. The Morgan fingerprint density at radius 3 is 2.34 bits per heavy atom. The number of anilines is 2. The first-order valence-corrected chi connectivity index (χ1v) is 33.5. The number of aliphatic hydroxyl groups excluding tert-OH is 1. The number of fused-ring (bicyclic) bond motifs is 3. The Hall–Kier alpha value is -5.47. The van der Waals surface area contributed by atoms with Crippen molar-refractivity contribution >= 4 is 66.1 Å². The molecular formula is C68H98AlF2N6O8. The molecule has 3 aliphatic heterocycles. The molecule has 0 saturated carbocycles. The van der Waals surface area contributed by atoms with Gasteiger partial charge in [0.1, 0.15) is 53.3 Å². The summed E-state index contributed by atoms with van der Waals surface area (Å²) in [7, 11) is 1.86. The number of carbonyl (C=O) groups excluding carboxylic acids is 3. The number of Topliss-reactive ketones (excluding diaryl/α,β-unsaturated/α-hetero) is 1. The molecule has 3 saturated heterocycles. The average Bonchev–Trinajstić information content (AvgIpc) is 1.57. The summed E-state index contributed by atoms with van der Waals surface area (Å²) in [4.78, 5) is 55.3. The van der Waals surface area contributed by atoms with Gasteiger partial charge in [0.15, 0.2) is 5.82 Å². The van der Waals surface area contributed by atoms with Crippen LogP contribution in [0.1, 0.15) is 183 Å². The molecule has 85 heavy (non-hydrogen) atoms. The summed E-state index contributed by atoms with van der Waals surface area (Å²) in [5.41, 5.74) is 2.64. The number of amides is 1. The number of nitrogens with zero attached hydrogens (tertiary/aromatic N) is 6. The van der Waals surface area contributed by atoms with Crippen LogP contribution in [-0.2, 0) is 25.5 Å². The molecule has 17 heteroatoms. The lowest BCUT2D eigenvalue weighted by atomic mass is 9.90. The fourth-order valence-electron chi connectivity index (χ4n) is 12.3. The topological polar surface area (TPSA) is 168 Å². The summed E-state index contributed by atoms with van der Waals surface area (Å²) in [5, 5.41) is 23.2. The van der Waals surface area contributed by atoms with E-state index in [0.29, 0.717) is 71.4 Å². The second kappa shape index (κ2) is 33.6. The van der Waals surface area contributed by atoms with Crippen LogP contribution in [0.25, 0.3) is 32.9 Å². The van der Waals surface area contributed by atoms with E-state index < -0.39 is 11.6 Å². The molecule has 5 heterocycles. The first-order valence-electron chi connectivity index (χ1n) is 31.9. The number of phenolic OH excluding ortho intramolecular Hbond substituents is 1. The number of hydrogen-bond donors (Lipinski definition) is 2. The van der Waals surface area contributed by atoms with Gasteiger partial charge in [0.2, 0.25) is 21.1 Å². The Morgan fingerprint density at radius 1 is 0.882 bits per heavy atom. The highest BCUT2D eigenvalue weighted by Gasteiger charge is 2.50. The SMILES string of the molecule is CCCC(=O)C(C)CCC(C)O.CCCC(=O)N(C)c1cc(OCCC(CCC)CCC(C)CC)ccc1C.CCc1c(F)ccc2cc(O)cc(-c3ncc4c(N5CC[CH2][Al][CH2]5)nc(OCC56CCCN5C(COC(C)=O)CC6)nc4c3F)c12. The van der Waals surface area contributed by atoms with Crippen molar-refractivity contribution in [1.29, 1.82) is 0 Å². The number of aromatic nitrogens is 3. The van der Waals surface area contributed by atoms with Gasteiger partial charge in [-0.25, -0.2) is 8.78 Å². The van der Waals surface area contributed by atoms with Crippen molar-refractivity contribution in [3.05, 3.63) is 71.4 Å². The molecule has 2 N–H and O–H groups in total. The Bertz CT molecular complexity index is 2980. The van der Waals surface area contributed by atoms with Gasteiger partial charge in [0.25, 0.3) is 0 Å². The number of pyridine rings is 1. The van der Waals surface area contributed by atoms with Gasteiger partial charge in [-0.1, -0.05) is 98.0 Å². The van der Waals surface area contributed by atoms with Gasteiger partial charge in [0, 0.05) is 68.8 Å². The molecule has 3 fully saturated rings. The Kier molecular flexibility index (Phi) is 27.1. The lowest BCUT2D eigenvalue weighted by Gasteiger charge is -2.34. The molecule has 3 aromatic carbocycles. The molecule has 1 radical (unpaired) electrons. The van der Waals surface area contributed by atoms with Crippen LogP contribution < -0.4 is 19.3 Å². The van der Waals surface area contributed by atoms with Crippen molar-refractivity contribution in [1.82, 2.24) is 19.9 Å². The number of aliphatic hydroxyl groups is 1. The molecular weight excluding hydrogens is 1090 g/mol. The van der Waals surface area contributed by atoms with Crippen molar-refractivity contribution in [2.24, 2.45) is 17.8 Å². The fourth-order valence-corrected chi connectivity index (χ4v) is 13.6. The van der Waals surface area contributed by atoms with E-state index in [0.717, 1.165) is 118 Å². The first kappa shape index (κ1) is 68.6. The normalized spacial score (nSPS) is 18.0. The molecule has 8 rings (SSSR count). The fraction of sp³-hybridized carbons (Fsp3) is 0.618. The maximum absolute atomic E-state index is 16.8. The highest BCUT2D eigenvalue weighted by Crippen LogP contribution is 2.44. The number of hydrogen-bond acceptors (Lipinski definition) is 13. The van der Waals surface area contributed by atoms with Crippen LogP contribution in [0.5, 0.6) is 17.5 Å². The van der Waals surface area contributed by atoms with Crippen LogP contribution in [0.4, 0.5) is 20.3 Å². The second-order valence-corrected chi connectivity index (χ2v) is 25.8. The number of ketones is 1. The maximum atomic E-state index is 16.8. The lowest BCUT2D eigenvalue weighted by Crippen LogP contribution is -2.48. The number of aromatic hydroxyl groups is 1. The van der Waals surface area contributed by atoms with Crippen LogP contribution in [0.2, 0.25) is 5.28 Å². The highest BCUT2D eigenvalue weighted by molar-refractivity contribution is 6.37. The van der Waals surface area contributed by atoms with Crippen LogP contribution in [0, 0.1) is 36.3 Å². The molecule has 14 nitrogen and oxygen atoms in total. The van der Waals surface area contributed by atoms with Crippen molar-refractivity contribution in [3.63, 3.8) is 0 Å². The van der Waals surface area contributed by atoms with Crippen LogP contribution in [0.3, 0.4) is 0 Å². The highest BCUT2D eigenvalue weighted by atomic mass is 27.1. The predicted octanol–water partition coefficient (Wildman–Crippen LogP) is 14.5. The van der Waals surface area contributed by atoms with Crippen molar-refractivity contribution in [2.75, 3.05) is 55.2 Å². The molecule has 2 aromatic heterocycles. The second-order valence-electron chi connectivity index (χ2n) is 24.2. The molecule has 0 bridgehead atoms. The molecule has 3 aliphatic rings. The third kappa shape index (κ3) is 18.8. The molecule has 6 atom stereocenters. The number of esters is 1. The van der Waals surface area contributed by atoms with Crippen molar-refractivity contribution in [2.45, 2.75) is 208 Å². The third-order valence-corrected chi connectivity index (χ3v) is 19.1. The largest absolute Gasteiger partial charge is 0.508 e. The van der Waals surface area contributed by atoms with E-state index in [9.17, 15) is 23.9 Å². The van der Waals surface area contributed by atoms with E-state index in [1.165, 1.54) is 56.4 Å². The predicted molar refractivity (Wildman–Crippen MR) is 339 cm³/mol. The minimum absolute atomic E-state index is 0.0155. The minimum atomic E-state index is -0.670. The molecule has 0 aliphatic carbocycles. The van der Waals surface area contributed by atoms with Crippen molar-refractivity contribution < 1.29 is 47.6 Å². The number of ether oxygens (including phenoxy) is 3. The number of phenols is 1. The van der Waals surface area contributed by atoms with E-state index >= 15 is 4.39 Å². The van der Waals surface area contributed by atoms with Gasteiger partial charge in [-0.15, -0.1) is 0 Å². The van der Waals surface area contributed by atoms with Gasteiger partial charge in [-0.05, 0) is 154 Å². The maximum Gasteiger partial charge on any atom is 0.319 e. The Balaban J connectivity index is 0.000000251. The summed E-state index contributed by atoms with van der Waals surface area (Å²) in [6.45, 7) is 23.1. The number of rotatable bonds is 27. The van der Waals surface area contributed by atoms with Gasteiger partial charge < -0.3 is 34.2 Å². The summed E-state index contributed by atoms with van der Waals surface area (Å²) in [6, 6.07) is 12.3. The summed E-state index contributed by atoms with van der Waals surface area (Å²) < 4.78 is 49.5. The summed E-state index contributed by atoms with van der Waals surface area (Å²) in [6.07, 6.45) is 18.6. The van der Waals surface area contributed by atoms with Crippen LogP contribution in [-0.4, -0.2) is 126 Å². The quantitative estimate of drug-likeness (QED) is 0.0377. The summed E-state index contributed by atoms with van der Waals surface area (Å²) in [5.74, 6) is 2.25. The van der Waals surface area contributed by atoms with Crippen LogP contribution in [0.15, 0.2) is 48.7 Å². The molecule has 465 valence electrons. The van der Waals surface area contributed by atoms with Gasteiger partial charge in [-0.2, -0.15) is 9.97 Å². The molecule has 0 spiro atoms. The standard InChI is InChI=1S/C34H37F2N5O4.C24H41NO2.C10H20O2.Al/c1-5-13-40(4)32-26-17-37-30(25-16-23(43)15-21-8-9-27(35)24(6-2)28(21)25)29(36)31(26)38-33(39-32)45-19-34-11-7-14-41(34)22(10-12-34)18-44-20(3)42;1-7-10-21(14-12-19(4)9-3)16-17-27-22-15-13-20(5)23(18-22)25(6)24(26)11-8-2;1-4-5-10(12)8(2)6-7-9(3)11;/h8-9,15-17,22,43H,1,4-7,10-14,18-19H2,2-3H3;13,15,18-19,21H,7-12,14,16-17H2,1-6H3;8-9,11H,4-7H2,1-3H3;.